The van der Waals surface area contributed by atoms with Gasteiger partial charge in [0.2, 0.25) is 0 Å². The summed E-state index contributed by atoms with van der Waals surface area (Å²) in [5, 5.41) is 6.63. The topological polar surface area (TPSA) is 44.4 Å². The fourth-order valence-electron chi connectivity index (χ4n) is 3.70. The van der Waals surface area contributed by atoms with Crippen LogP contribution in [0.15, 0.2) is 84.9 Å². The summed E-state index contributed by atoms with van der Waals surface area (Å²) in [6.45, 7) is 2.10. The Kier molecular flexibility index (Phi) is 4.79. The van der Waals surface area contributed by atoms with E-state index in [9.17, 15) is 4.79 Å². The molecule has 2 N–H and O–H groups in total. The minimum absolute atomic E-state index is 0.0739. The van der Waals surface area contributed by atoms with Gasteiger partial charge in [0.25, 0.3) is 0 Å². The molecule has 0 aromatic heterocycles. The lowest BCUT2D eigenvalue weighted by Gasteiger charge is -2.39. The monoisotopic (exact) mass is 357 g/mol. The number of para-hydroxylation sites is 3. The number of anilines is 3. The molecular formula is C23H23N3O. The van der Waals surface area contributed by atoms with Gasteiger partial charge in [-0.15, -0.1) is 0 Å². The molecule has 3 aromatic rings. The van der Waals surface area contributed by atoms with Crippen molar-refractivity contribution in [3.63, 3.8) is 0 Å². The molecule has 0 aliphatic carbocycles. The second kappa shape index (κ2) is 7.54. The zero-order chi connectivity index (χ0) is 18.6. The van der Waals surface area contributed by atoms with Gasteiger partial charge in [0, 0.05) is 17.4 Å². The highest BCUT2D eigenvalue weighted by atomic mass is 16.2. The lowest BCUT2D eigenvalue weighted by Crippen LogP contribution is -2.46. The number of hydrogen-bond donors (Lipinski definition) is 2. The highest BCUT2D eigenvalue weighted by molar-refractivity contribution is 6.03. The zero-order valence-electron chi connectivity index (χ0n) is 15.3. The molecule has 1 heterocycles. The van der Waals surface area contributed by atoms with Crippen molar-refractivity contribution in [3.8, 4) is 0 Å². The molecule has 0 saturated heterocycles. The fourth-order valence-corrected chi connectivity index (χ4v) is 3.70. The molecule has 4 rings (SSSR count). The molecule has 0 saturated carbocycles. The molecule has 1 aliphatic heterocycles. The molecule has 2 atom stereocenters. The lowest BCUT2D eigenvalue weighted by molar-refractivity contribution is 0.254. The van der Waals surface area contributed by atoms with Crippen molar-refractivity contribution in [2.24, 2.45) is 0 Å². The smallest absolute Gasteiger partial charge is 0.326 e. The van der Waals surface area contributed by atoms with E-state index in [2.05, 4.69) is 35.8 Å². The Labute approximate surface area is 159 Å². The molecule has 4 nitrogen and oxygen atoms in total. The first-order valence-corrected chi connectivity index (χ1v) is 9.28. The average Bonchev–Trinajstić information content (AvgIpc) is 2.69. The van der Waals surface area contributed by atoms with Gasteiger partial charge in [-0.25, -0.2) is 4.79 Å². The second-order valence-corrected chi connectivity index (χ2v) is 6.87. The van der Waals surface area contributed by atoms with Gasteiger partial charge in [0.05, 0.1) is 11.7 Å². The van der Waals surface area contributed by atoms with Crippen LogP contribution in [0.4, 0.5) is 21.9 Å². The summed E-state index contributed by atoms with van der Waals surface area (Å²) in [6, 6.07) is 28.1. The molecule has 1 aliphatic rings. The van der Waals surface area contributed by atoms with Crippen LogP contribution in [0.3, 0.4) is 0 Å². The van der Waals surface area contributed by atoms with Crippen LogP contribution in [0.5, 0.6) is 0 Å². The van der Waals surface area contributed by atoms with Gasteiger partial charge in [-0.05, 0) is 49.2 Å². The molecule has 0 spiro atoms. The molecule has 27 heavy (non-hydrogen) atoms. The molecule has 0 unspecified atom stereocenters. The molecule has 2 amide bonds. The van der Waals surface area contributed by atoms with E-state index >= 15 is 0 Å². The van der Waals surface area contributed by atoms with Crippen LogP contribution >= 0.6 is 0 Å². The van der Waals surface area contributed by atoms with E-state index in [0.29, 0.717) is 0 Å². The van der Waals surface area contributed by atoms with Crippen LogP contribution < -0.4 is 15.5 Å². The maximum atomic E-state index is 13.0. The summed E-state index contributed by atoms with van der Waals surface area (Å²) < 4.78 is 0. The number of rotatable bonds is 3. The maximum Gasteiger partial charge on any atom is 0.326 e. The Morgan fingerprint density at radius 3 is 2.15 bits per heavy atom. The number of carbonyl (C=O) groups excluding carboxylic acids is 1. The Morgan fingerprint density at radius 2 is 1.44 bits per heavy atom. The second-order valence-electron chi connectivity index (χ2n) is 6.87. The summed E-state index contributed by atoms with van der Waals surface area (Å²) in [4.78, 5) is 14.9. The van der Waals surface area contributed by atoms with Crippen LogP contribution in [0, 0.1) is 0 Å². The number of carbonyl (C=O) groups is 1. The Balaban J connectivity index is 1.62. The molecule has 4 heteroatoms. The Morgan fingerprint density at radius 1 is 0.852 bits per heavy atom. The summed E-state index contributed by atoms with van der Waals surface area (Å²) in [5.41, 5.74) is 3.99. The van der Waals surface area contributed by atoms with E-state index in [4.69, 9.17) is 0 Å². The predicted octanol–water partition coefficient (Wildman–Crippen LogP) is 5.67. The minimum atomic E-state index is -0.0979. The third-order valence-corrected chi connectivity index (χ3v) is 4.95. The van der Waals surface area contributed by atoms with Crippen molar-refractivity contribution in [2.75, 3.05) is 15.5 Å². The number of amides is 2. The van der Waals surface area contributed by atoms with Crippen LogP contribution in [0.2, 0.25) is 0 Å². The number of benzene rings is 3. The molecule has 136 valence electrons. The van der Waals surface area contributed by atoms with E-state index in [1.165, 1.54) is 0 Å². The van der Waals surface area contributed by atoms with E-state index in [1.807, 2.05) is 71.6 Å². The van der Waals surface area contributed by atoms with Gasteiger partial charge < -0.3 is 10.6 Å². The third kappa shape index (κ3) is 3.65. The molecule has 0 radical (unpaired) electrons. The number of nitrogens with one attached hydrogen (secondary N) is 2. The first-order valence-electron chi connectivity index (χ1n) is 9.28. The Bertz CT molecular complexity index is 911. The van der Waals surface area contributed by atoms with Gasteiger partial charge in [0.1, 0.15) is 0 Å². The third-order valence-electron chi connectivity index (χ3n) is 4.95. The number of nitrogens with zero attached hydrogens (tertiary/aromatic N) is 1. The largest absolute Gasteiger partial charge is 0.378 e. The van der Waals surface area contributed by atoms with Crippen molar-refractivity contribution in [1.82, 2.24) is 0 Å². The lowest BCUT2D eigenvalue weighted by atomic mass is 9.91. The number of fused-ring (bicyclic) bond motifs is 1. The maximum absolute atomic E-state index is 13.0. The highest BCUT2D eigenvalue weighted by Gasteiger charge is 2.33. The van der Waals surface area contributed by atoms with Crippen molar-refractivity contribution in [3.05, 3.63) is 90.5 Å². The van der Waals surface area contributed by atoms with Gasteiger partial charge in [0.15, 0.2) is 0 Å². The molecular weight excluding hydrogens is 334 g/mol. The molecule has 0 bridgehead atoms. The van der Waals surface area contributed by atoms with Gasteiger partial charge in [-0.3, -0.25) is 4.90 Å². The first-order chi connectivity index (χ1) is 13.2. The van der Waals surface area contributed by atoms with Crippen LogP contribution in [0.1, 0.15) is 24.9 Å². The summed E-state index contributed by atoms with van der Waals surface area (Å²) in [6.07, 6.45) is 0.841. The minimum Gasteiger partial charge on any atom is -0.378 e. The van der Waals surface area contributed by atoms with Crippen molar-refractivity contribution in [1.29, 1.82) is 0 Å². The van der Waals surface area contributed by atoms with Gasteiger partial charge in [-0.2, -0.15) is 0 Å². The SMILES string of the molecule is C[C@@H]1C[C@@H](Nc2ccccc2)c2ccccc2N1C(=O)Nc1ccccc1. The molecule has 0 fully saturated rings. The van der Waals surface area contributed by atoms with Crippen molar-refractivity contribution in [2.45, 2.75) is 25.4 Å². The van der Waals surface area contributed by atoms with E-state index in [0.717, 1.165) is 29.0 Å². The highest BCUT2D eigenvalue weighted by Crippen LogP contribution is 2.39. The average molecular weight is 357 g/mol. The van der Waals surface area contributed by atoms with Crippen molar-refractivity contribution < 1.29 is 4.79 Å². The normalized spacial score (nSPS) is 18.5. The van der Waals surface area contributed by atoms with E-state index in [-0.39, 0.29) is 18.1 Å². The molecule has 3 aromatic carbocycles. The van der Waals surface area contributed by atoms with Crippen molar-refractivity contribution >= 4 is 23.1 Å². The van der Waals surface area contributed by atoms with E-state index in [1.54, 1.807) is 0 Å². The van der Waals surface area contributed by atoms with Crippen LogP contribution in [-0.2, 0) is 0 Å². The standard InChI is InChI=1S/C23H23N3O/c1-17-16-21(24-18-10-4-2-5-11-18)20-14-8-9-15-22(20)26(17)23(27)25-19-12-6-3-7-13-19/h2-15,17,21,24H,16H2,1H3,(H,25,27)/t17-,21-/m1/s1. The van der Waals surface area contributed by atoms with Crippen LogP contribution in [-0.4, -0.2) is 12.1 Å². The summed E-state index contributed by atoms with van der Waals surface area (Å²) in [7, 11) is 0. The number of hydrogen-bond acceptors (Lipinski definition) is 2. The van der Waals surface area contributed by atoms with Crippen LogP contribution in [0.25, 0.3) is 0 Å². The van der Waals surface area contributed by atoms with Gasteiger partial charge in [-0.1, -0.05) is 54.6 Å². The summed E-state index contributed by atoms with van der Waals surface area (Å²) >= 11 is 0. The van der Waals surface area contributed by atoms with E-state index < -0.39 is 0 Å². The Hall–Kier alpha value is -3.27. The first kappa shape index (κ1) is 17.2. The predicted molar refractivity (Wildman–Crippen MR) is 111 cm³/mol. The van der Waals surface area contributed by atoms with Gasteiger partial charge >= 0.3 is 6.03 Å². The summed E-state index contributed by atoms with van der Waals surface area (Å²) in [5.74, 6) is 0. The fraction of sp³-hybridized carbons (Fsp3) is 0.174. The number of urea groups is 1. The zero-order valence-corrected chi connectivity index (χ0v) is 15.3. The quantitative estimate of drug-likeness (QED) is 0.634.